The molecule has 0 saturated carbocycles. The average Bonchev–Trinajstić information content (AvgIpc) is 2.70. The van der Waals surface area contributed by atoms with Gasteiger partial charge in [0, 0.05) is 11.4 Å². The molecule has 108 valence electrons. The number of hydrogen-bond acceptors (Lipinski definition) is 4. The number of thiophene rings is 1. The second-order valence-corrected chi connectivity index (χ2v) is 8.66. The summed E-state index contributed by atoms with van der Waals surface area (Å²) in [6.45, 7) is 6.26. The Morgan fingerprint density at radius 1 is 1.47 bits per heavy atom. The number of sulfonamides is 1. The van der Waals surface area contributed by atoms with Crippen LogP contribution >= 0.6 is 11.3 Å². The molecule has 2 unspecified atom stereocenters. The Kier molecular flexibility index (Phi) is 4.35. The van der Waals surface area contributed by atoms with Gasteiger partial charge in [-0.25, -0.2) is 8.42 Å². The summed E-state index contributed by atoms with van der Waals surface area (Å²) in [4.78, 5) is 1.03. The quantitative estimate of drug-likeness (QED) is 0.931. The number of nitrogens with zero attached hydrogens (tertiary/aromatic N) is 1. The molecule has 1 aromatic rings. The van der Waals surface area contributed by atoms with Crippen LogP contribution in [0.5, 0.6) is 0 Å². The molecule has 4 nitrogen and oxygen atoms in total. The molecule has 6 heteroatoms. The van der Waals surface area contributed by atoms with Gasteiger partial charge in [-0.3, -0.25) is 0 Å². The largest absolute Gasteiger partial charge is 0.395 e. The number of aliphatic hydroxyl groups is 1. The van der Waals surface area contributed by atoms with Crippen molar-refractivity contribution in [3.05, 3.63) is 16.5 Å². The maximum Gasteiger partial charge on any atom is 0.252 e. The maximum absolute atomic E-state index is 12.7. The van der Waals surface area contributed by atoms with E-state index in [1.54, 1.807) is 6.07 Å². The van der Waals surface area contributed by atoms with Crippen LogP contribution in [0.2, 0.25) is 0 Å². The molecular weight excluding hydrogens is 282 g/mol. The van der Waals surface area contributed by atoms with Crippen LogP contribution in [0.4, 0.5) is 0 Å². The number of hydrogen-bond donors (Lipinski definition) is 1. The van der Waals surface area contributed by atoms with Crippen molar-refractivity contribution >= 4 is 21.4 Å². The lowest BCUT2D eigenvalue weighted by atomic mass is 9.93. The molecule has 1 N–H and O–H groups in total. The molecule has 1 saturated heterocycles. The number of aliphatic hydroxyl groups excluding tert-OH is 1. The van der Waals surface area contributed by atoms with E-state index in [-0.39, 0.29) is 18.6 Å². The standard InChI is InChI=1S/C13H21NO3S2/c1-9-5-4-6-14(12(9)8-15)19(16,17)13-7-10(2)11(3)18-13/h7,9,12,15H,4-6,8H2,1-3H3. The van der Waals surface area contributed by atoms with Crippen LogP contribution in [0.3, 0.4) is 0 Å². The molecular formula is C13H21NO3S2. The zero-order valence-electron chi connectivity index (χ0n) is 11.6. The molecule has 1 aliphatic rings. The summed E-state index contributed by atoms with van der Waals surface area (Å²) in [7, 11) is -3.47. The minimum Gasteiger partial charge on any atom is -0.395 e. The third-order valence-electron chi connectivity index (χ3n) is 3.96. The van der Waals surface area contributed by atoms with Gasteiger partial charge in [0.2, 0.25) is 0 Å². The lowest BCUT2D eigenvalue weighted by Gasteiger charge is -2.37. The van der Waals surface area contributed by atoms with Crippen LogP contribution in [-0.4, -0.2) is 37.0 Å². The van der Waals surface area contributed by atoms with Gasteiger partial charge in [-0.05, 0) is 44.2 Å². The predicted molar refractivity (Wildman–Crippen MR) is 77.0 cm³/mol. The van der Waals surface area contributed by atoms with Crippen molar-refractivity contribution in [3.8, 4) is 0 Å². The molecule has 1 aliphatic heterocycles. The highest BCUT2D eigenvalue weighted by Crippen LogP contribution is 2.33. The minimum absolute atomic E-state index is 0.107. The van der Waals surface area contributed by atoms with Crippen LogP contribution < -0.4 is 0 Å². The van der Waals surface area contributed by atoms with Crippen LogP contribution in [0.25, 0.3) is 0 Å². The second-order valence-electron chi connectivity index (χ2n) is 5.29. The summed E-state index contributed by atoms with van der Waals surface area (Å²) >= 11 is 1.32. The van der Waals surface area contributed by atoms with Crippen LogP contribution in [0.1, 0.15) is 30.2 Å². The molecule has 0 spiro atoms. The molecule has 0 radical (unpaired) electrons. The summed E-state index contributed by atoms with van der Waals surface area (Å²) < 4.78 is 27.3. The van der Waals surface area contributed by atoms with E-state index >= 15 is 0 Å². The zero-order chi connectivity index (χ0) is 14.2. The molecule has 2 heterocycles. The highest BCUT2D eigenvalue weighted by molar-refractivity contribution is 7.91. The SMILES string of the molecule is Cc1cc(S(=O)(=O)N2CCCC(C)C2CO)sc1C. The first kappa shape index (κ1) is 15.0. The number of rotatable bonds is 3. The summed E-state index contributed by atoms with van der Waals surface area (Å²) in [5.74, 6) is 0.204. The van der Waals surface area contributed by atoms with E-state index in [2.05, 4.69) is 0 Å². The third kappa shape index (κ3) is 2.72. The second kappa shape index (κ2) is 5.52. The number of piperidine rings is 1. The van der Waals surface area contributed by atoms with Crippen LogP contribution in [0.15, 0.2) is 10.3 Å². The zero-order valence-corrected chi connectivity index (χ0v) is 13.2. The molecule has 19 heavy (non-hydrogen) atoms. The Bertz CT molecular complexity index is 531. The van der Waals surface area contributed by atoms with Crippen molar-refractivity contribution in [1.82, 2.24) is 4.31 Å². The van der Waals surface area contributed by atoms with Crippen LogP contribution in [0, 0.1) is 19.8 Å². The average molecular weight is 303 g/mol. The van der Waals surface area contributed by atoms with Gasteiger partial charge < -0.3 is 5.11 Å². The lowest BCUT2D eigenvalue weighted by molar-refractivity contribution is 0.113. The van der Waals surface area contributed by atoms with E-state index in [1.165, 1.54) is 15.6 Å². The predicted octanol–water partition coefficient (Wildman–Crippen LogP) is 2.15. The van der Waals surface area contributed by atoms with E-state index in [4.69, 9.17) is 0 Å². The van der Waals surface area contributed by atoms with E-state index in [1.807, 2.05) is 20.8 Å². The first-order valence-electron chi connectivity index (χ1n) is 6.57. The van der Waals surface area contributed by atoms with E-state index < -0.39 is 10.0 Å². The highest BCUT2D eigenvalue weighted by atomic mass is 32.2. The van der Waals surface area contributed by atoms with Gasteiger partial charge >= 0.3 is 0 Å². The first-order valence-corrected chi connectivity index (χ1v) is 8.83. The van der Waals surface area contributed by atoms with Crippen molar-refractivity contribution in [2.24, 2.45) is 5.92 Å². The summed E-state index contributed by atoms with van der Waals surface area (Å²) in [6.07, 6.45) is 1.83. The molecule has 0 bridgehead atoms. The Hall–Kier alpha value is -0.430. The fraction of sp³-hybridized carbons (Fsp3) is 0.692. The Morgan fingerprint density at radius 3 is 2.68 bits per heavy atom. The van der Waals surface area contributed by atoms with Gasteiger partial charge in [-0.2, -0.15) is 4.31 Å². The van der Waals surface area contributed by atoms with Gasteiger partial charge in [0.15, 0.2) is 0 Å². The van der Waals surface area contributed by atoms with Crippen molar-refractivity contribution in [3.63, 3.8) is 0 Å². The van der Waals surface area contributed by atoms with Crippen molar-refractivity contribution in [2.45, 2.75) is 43.9 Å². The number of aryl methyl sites for hydroxylation is 2. The van der Waals surface area contributed by atoms with Crippen molar-refractivity contribution in [1.29, 1.82) is 0 Å². The molecule has 2 atom stereocenters. The van der Waals surface area contributed by atoms with Gasteiger partial charge in [-0.1, -0.05) is 6.92 Å². The molecule has 1 aromatic heterocycles. The van der Waals surface area contributed by atoms with E-state index in [0.717, 1.165) is 23.3 Å². The maximum atomic E-state index is 12.7. The monoisotopic (exact) mass is 303 g/mol. The third-order valence-corrected chi connectivity index (χ3v) is 7.48. The minimum atomic E-state index is -3.47. The lowest BCUT2D eigenvalue weighted by Crippen LogP contribution is -2.49. The van der Waals surface area contributed by atoms with Crippen LogP contribution in [-0.2, 0) is 10.0 Å². The summed E-state index contributed by atoms with van der Waals surface area (Å²) in [5, 5.41) is 9.50. The Balaban J connectivity index is 2.37. The Morgan fingerprint density at radius 2 is 2.16 bits per heavy atom. The van der Waals surface area contributed by atoms with Gasteiger partial charge in [0.1, 0.15) is 4.21 Å². The first-order chi connectivity index (χ1) is 8.87. The van der Waals surface area contributed by atoms with Gasteiger partial charge in [-0.15, -0.1) is 11.3 Å². The van der Waals surface area contributed by atoms with Gasteiger partial charge in [0.25, 0.3) is 10.0 Å². The smallest absolute Gasteiger partial charge is 0.252 e. The fourth-order valence-corrected chi connectivity index (χ4v) is 5.96. The molecule has 2 rings (SSSR count). The molecule has 0 aromatic carbocycles. The molecule has 1 fully saturated rings. The van der Waals surface area contributed by atoms with Gasteiger partial charge in [0.05, 0.1) is 12.6 Å². The fourth-order valence-electron chi connectivity index (χ4n) is 2.56. The highest BCUT2D eigenvalue weighted by Gasteiger charge is 2.37. The molecule has 0 amide bonds. The van der Waals surface area contributed by atoms with Crippen molar-refractivity contribution in [2.75, 3.05) is 13.2 Å². The van der Waals surface area contributed by atoms with E-state index in [9.17, 15) is 13.5 Å². The Labute approximate surface area is 119 Å². The summed E-state index contributed by atoms with van der Waals surface area (Å²) in [6, 6.07) is 1.45. The topological polar surface area (TPSA) is 57.6 Å². The molecule has 0 aliphatic carbocycles. The summed E-state index contributed by atoms with van der Waals surface area (Å²) in [5.41, 5.74) is 1.01. The normalized spacial score (nSPS) is 25.7. The van der Waals surface area contributed by atoms with E-state index in [0.29, 0.717) is 10.8 Å². The van der Waals surface area contributed by atoms with Crippen molar-refractivity contribution < 1.29 is 13.5 Å².